The standard InChI is InChI=1S/C15H31NO/c1-2-3-13-17-14-9-12-16-15-10-7-5-4-6-8-11-15/h15-16H,2-14H2,1H3. The van der Waals surface area contributed by atoms with E-state index in [4.69, 9.17) is 4.74 Å². The molecule has 17 heavy (non-hydrogen) atoms. The van der Waals surface area contributed by atoms with Crippen LogP contribution in [0.25, 0.3) is 0 Å². The van der Waals surface area contributed by atoms with Gasteiger partial charge in [-0.25, -0.2) is 0 Å². The molecule has 1 aliphatic rings. The summed E-state index contributed by atoms with van der Waals surface area (Å²) in [5.74, 6) is 0. The molecule has 1 aliphatic carbocycles. The van der Waals surface area contributed by atoms with E-state index < -0.39 is 0 Å². The summed E-state index contributed by atoms with van der Waals surface area (Å²) in [5, 5.41) is 3.70. The lowest BCUT2D eigenvalue weighted by Crippen LogP contribution is -2.31. The predicted octanol–water partition coefficient (Wildman–Crippen LogP) is 3.90. The van der Waals surface area contributed by atoms with Crippen LogP contribution in [0.1, 0.15) is 71.1 Å². The molecule has 0 amide bonds. The van der Waals surface area contributed by atoms with Crippen molar-refractivity contribution < 1.29 is 4.74 Å². The molecule has 0 aromatic carbocycles. The average Bonchev–Trinajstić information content (AvgIpc) is 2.30. The highest BCUT2D eigenvalue weighted by molar-refractivity contribution is 4.69. The van der Waals surface area contributed by atoms with Crippen LogP contribution in [0.3, 0.4) is 0 Å². The van der Waals surface area contributed by atoms with Gasteiger partial charge in [-0.2, -0.15) is 0 Å². The highest BCUT2D eigenvalue weighted by Gasteiger charge is 2.09. The zero-order valence-electron chi connectivity index (χ0n) is 11.7. The van der Waals surface area contributed by atoms with Crippen molar-refractivity contribution in [3.05, 3.63) is 0 Å². The van der Waals surface area contributed by atoms with Crippen LogP contribution in [0.4, 0.5) is 0 Å². The molecule has 0 aliphatic heterocycles. The smallest absolute Gasteiger partial charge is 0.0478 e. The molecule has 0 radical (unpaired) electrons. The summed E-state index contributed by atoms with van der Waals surface area (Å²) in [5.41, 5.74) is 0. The van der Waals surface area contributed by atoms with E-state index in [0.717, 1.165) is 25.8 Å². The Morgan fingerprint density at radius 1 is 0.941 bits per heavy atom. The van der Waals surface area contributed by atoms with Gasteiger partial charge in [0.25, 0.3) is 0 Å². The van der Waals surface area contributed by atoms with E-state index in [-0.39, 0.29) is 0 Å². The van der Waals surface area contributed by atoms with Crippen molar-refractivity contribution in [1.29, 1.82) is 0 Å². The monoisotopic (exact) mass is 241 g/mol. The maximum atomic E-state index is 5.57. The highest BCUT2D eigenvalue weighted by Crippen LogP contribution is 2.16. The zero-order valence-corrected chi connectivity index (χ0v) is 11.7. The Morgan fingerprint density at radius 3 is 2.29 bits per heavy atom. The van der Waals surface area contributed by atoms with Gasteiger partial charge in [-0.1, -0.05) is 45.4 Å². The van der Waals surface area contributed by atoms with Gasteiger partial charge in [0, 0.05) is 19.3 Å². The van der Waals surface area contributed by atoms with Crippen LogP contribution in [0.5, 0.6) is 0 Å². The fraction of sp³-hybridized carbons (Fsp3) is 1.00. The molecule has 1 rings (SSSR count). The maximum absolute atomic E-state index is 5.57. The fourth-order valence-corrected chi connectivity index (χ4v) is 2.49. The van der Waals surface area contributed by atoms with Gasteiger partial charge in [0.1, 0.15) is 0 Å². The normalized spacial score (nSPS) is 18.9. The Kier molecular flexibility index (Phi) is 9.72. The van der Waals surface area contributed by atoms with Gasteiger partial charge in [0.05, 0.1) is 0 Å². The SMILES string of the molecule is CCCCOCCCNC1CCCCCCC1. The molecule has 2 heteroatoms. The van der Waals surface area contributed by atoms with E-state index in [1.807, 2.05) is 0 Å². The van der Waals surface area contributed by atoms with Crippen LogP contribution in [0.15, 0.2) is 0 Å². The molecule has 2 nitrogen and oxygen atoms in total. The van der Waals surface area contributed by atoms with E-state index in [0.29, 0.717) is 0 Å². The Hall–Kier alpha value is -0.0800. The van der Waals surface area contributed by atoms with Crippen molar-refractivity contribution in [2.24, 2.45) is 0 Å². The van der Waals surface area contributed by atoms with E-state index in [2.05, 4.69) is 12.2 Å². The van der Waals surface area contributed by atoms with Crippen molar-refractivity contribution in [1.82, 2.24) is 5.32 Å². The lowest BCUT2D eigenvalue weighted by atomic mass is 9.97. The van der Waals surface area contributed by atoms with E-state index >= 15 is 0 Å². The van der Waals surface area contributed by atoms with E-state index in [9.17, 15) is 0 Å². The first-order chi connectivity index (χ1) is 8.43. The van der Waals surface area contributed by atoms with E-state index in [1.54, 1.807) is 0 Å². The summed E-state index contributed by atoms with van der Waals surface area (Å²) >= 11 is 0. The van der Waals surface area contributed by atoms with Gasteiger partial charge in [-0.3, -0.25) is 0 Å². The third kappa shape index (κ3) is 8.62. The van der Waals surface area contributed by atoms with Crippen molar-refractivity contribution in [3.63, 3.8) is 0 Å². The third-order valence-electron chi connectivity index (χ3n) is 3.65. The molecule has 1 N–H and O–H groups in total. The largest absolute Gasteiger partial charge is 0.381 e. The van der Waals surface area contributed by atoms with Crippen LogP contribution >= 0.6 is 0 Å². The molecule has 0 heterocycles. The molecule has 0 atom stereocenters. The minimum Gasteiger partial charge on any atom is -0.381 e. The van der Waals surface area contributed by atoms with Crippen LogP contribution in [-0.4, -0.2) is 25.8 Å². The lowest BCUT2D eigenvalue weighted by molar-refractivity contribution is 0.128. The summed E-state index contributed by atoms with van der Waals surface area (Å²) in [6, 6.07) is 0.783. The molecule has 0 aromatic rings. The summed E-state index contributed by atoms with van der Waals surface area (Å²) in [6.07, 6.45) is 13.6. The molecule has 0 aromatic heterocycles. The Labute approximate surface area is 108 Å². The Bertz CT molecular complexity index is 153. The van der Waals surface area contributed by atoms with Crippen molar-refractivity contribution in [2.45, 2.75) is 77.2 Å². The van der Waals surface area contributed by atoms with E-state index in [1.165, 1.54) is 64.2 Å². The van der Waals surface area contributed by atoms with Gasteiger partial charge >= 0.3 is 0 Å². The molecular formula is C15H31NO. The molecule has 0 bridgehead atoms. The summed E-state index contributed by atoms with van der Waals surface area (Å²) < 4.78 is 5.57. The van der Waals surface area contributed by atoms with Crippen LogP contribution < -0.4 is 5.32 Å². The van der Waals surface area contributed by atoms with Gasteiger partial charge in [-0.05, 0) is 32.2 Å². The third-order valence-corrected chi connectivity index (χ3v) is 3.65. The summed E-state index contributed by atoms with van der Waals surface area (Å²) in [4.78, 5) is 0. The maximum Gasteiger partial charge on any atom is 0.0478 e. The zero-order chi connectivity index (χ0) is 12.2. The first-order valence-electron chi connectivity index (χ1n) is 7.74. The highest BCUT2D eigenvalue weighted by atomic mass is 16.5. The quantitative estimate of drug-likeness (QED) is 0.651. The molecule has 1 saturated carbocycles. The minimum atomic E-state index is 0.783. The number of unbranched alkanes of at least 4 members (excludes halogenated alkanes) is 1. The van der Waals surface area contributed by atoms with Crippen molar-refractivity contribution in [3.8, 4) is 0 Å². The van der Waals surface area contributed by atoms with Crippen molar-refractivity contribution >= 4 is 0 Å². The van der Waals surface area contributed by atoms with Gasteiger partial charge < -0.3 is 10.1 Å². The predicted molar refractivity (Wildman–Crippen MR) is 74.5 cm³/mol. The molecule has 102 valence electrons. The van der Waals surface area contributed by atoms with Crippen molar-refractivity contribution in [2.75, 3.05) is 19.8 Å². The summed E-state index contributed by atoms with van der Waals surface area (Å²) in [6.45, 7) is 5.22. The minimum absolute atomic E-state index is 0.783. The second kappa shape index (κ2) is 11.0. The molecule has 0 saturated heterocycles. The van der Waals surface area contributed by atoms with Crippen LogP contribution in [0, 0.1) is 0 Å². The topological polar surface area (TPSA) is 21.3 Å². The van der Waals surface area contributed by atoms with Crippen LogP contribution in [0.2, 0.25) is 0 Å². The average molecular weight is 241 g/mol. The first kappa shape index (κ1) is 15.0. The van der Waals surface area contributed by atoms with Gasteiger partial charge in [-0.15, -0.1) is 0 Å². The first-order valence-corrected chi connectivity index (χ1v) is 7.74. The molecular weight excluding hydrogens is 210 g/mol. The summed E-state index contributed by atoms with van der Waals surface area (Å²) in [7, 11) is 0. The number of nitrogens with one attached hydrogen (secondary N) is 1. The number of rotatable bonds is 8. The Balaban J connectivity index is 1.90. The fourth-order valence-electron chi connectivity index (χ4n) is 2.49. The molecule has 0 unspecified atom stereocenters. The number of hydrogen-bond acceptors (Lipinski definition) is 2. The number of hydrogen-bond donors (Lipinski definition) is 1. The second-order valence-electron chi connectivity index (χ2n) is 5.32. The lowest BCUT2D eigenvalue weighted by Gasteiger charge is -2.21. The van der Waals surface area contributed by atoms with Gasteiger partial charge in [0.15, 0.2) is 0 Å². The molecule has 0 spiro atoms. The second-order valence-corrected chi connectivity index (χ2v) is 5.32. The molecule has 1 fully saturated rings. The number of ether oxygens (including phenoxy) is 1. The Morgan fingerprint density at radius 2 is 1.59 bits per heavy atom. The van der Waals surface area contributed by atoms with Crippen LogP contribution in [-0.2, 0) is 4.74 Å². The van der Waals surface area contributed by atoms with Gasteiger partial charge in [0.2, 0.25) is 0 Å².